The molecule has 0 amide bonds. The smallest absolute Gasteiger partial charge is 0.335 e. The lowest BCUT2D eigenvalue weighted by Gasteiger charge is -2.10. The molecule has 0 fully saturated rings. The fraction of sp³-hybridized carbons (Fsp3) is 0.133. The third-order valence-corrected chi connectivity index (χ3v) is 2.93. The molecule has 0 heterocycles. The van der Waals surface area contributed by atoms with Gasteiger partial charge in [-0.05, 0) is 23.3 Å². The molecule has 0 radical (unpaired) electrons. The average molecular weight is 293 g/mol. The molecule has 0 aliphatic heterocycles. The Morgan fingerprint density at radius 3 is 2.29 bits per heavy atom. The minimum absolute atomic E-state index is 0.121. The summed E-state index contributed by atoms with van der Waals surface area (Å²) in [5.41, 5.74) is 0.603. The summed E-state index contributed by atoms with van der Waals surface area (Å²) in [6.45, 7) is 0.0258. The summed E-state index contributed by atoms with van der Waals surface area (Å²) in [5.74, 6) is -3.33. The second-order valence-electron chi connectivity index (χ2n) is 4.45. The number of halogens is 2. The van der Waals surface area contributed by atoms with E-state index in [1.54, 1.807) is 24.3 Å². The van der Waals surface area contributed by atoms with Crippen LogP contribution in [0.15, 0.2) is 36.4 Å². The number of aliphatic hydroxyl groups is 1. The maximum absolute atomic E-state index is 13.7. The number of carboxylic acid groups (broad SMARTS) is 1. The molecule has 21 heavy (non-hydrogen) atoms. The minimum Gasteiger partial charge on any atom is -0.478 e. The van der Waals surface area contributed by atoms with E-state index in [0.29, 0.717) is 5.56 Å². The monoisotopic (exact) mass is 293 g/mol. The predicted octanol–water partition coefficient (Wildman–Crippen LogP) is 2.77. The van der Waals surface area contributed by atoms with E-state index in [1.807, 2.05) is 0 Å². The minimum atomic E-state index is -1.39. The van der Waals surface area contributed by atoms with Gasteiger partial charge >= 0.3 is 5.97 Å². The number of anilines is 1. The lowest BCUT2D eigenvalue weighted by molar-refractivity contribution is 0.0696. The van der Waals surface area contributed by atoms with Gasteiger partial charge in [-0.1, -0.05) is 24.3 Å². The van der Waals surface area contributed by atoms with Crippen molar-refractivity contribution in [1.29, 1.82) is 0 Å². The van der Waals surface area contributed by atoms with Crippen LogP contribution < -0.4 is 5.32 Å². The van der Waals surface area contributed by atoms with E-state index in [-0.39, 0.29) is 18.8 Å². The van der Waals surface area contributed by atoms with Crippen LogP contribution in [0, 0.1) is 11.6 Å². The number of carboxylic acids is 1. The van der Waals surface area contributed by atoms with Crippen LogP contribution in [0.2, 0.25) is 0 Å². The highest BCUT2D eigenvalue weighted by atomic mass is 19.1. The van der Waals surface area contributed by atoms with Crippen molar-refractivity contribution in [2.24, 2.45) is 0 Å². The highest BCUT2D eigenvalue weighted by Crippen LogP contribution is 2.21. The standard InChI is InChI=1S/C15H13F2NO3/c16-12-5-11(15(20)21)6-13(17)14(12)18-7-9-2-1-3-10(4-9)8-19/h1-6,18-19H,7-8H2,(H,20,21). The number of aromatic carboxylic acids is 1. The van der Waals surface area contributed by atoms with Gasteiger partial charge in [0.2, 0.25) is 0 Å². The molecule has 2 aromatic rings. The molecule has 0 saturated heterocycles. The van der Waals surface area contributed by atoms with Crippen molar-refractivity contribution >= 4 is 11.7 Å². The van der Waals surface area contributed by atoms with Crippen molar-refractivity contribution in [3.63, 3.8) is 0 Å². The first-order valence-corrected chi connectivity index (χ1v) is 6.16. The van der Waals surface area contributed by atoms with Crippen LogP contribution in [0.25, 0.3) is 0 Å². The van der Waals surface area contributed by atoms with Crippen molar-refractivity contribution in [3.8, 4) is 0 Å². The SMILES string of the molecule is O=C(O)c1cc(F)c(NCc2cccc(CO)c2)c(F)c1. The van der Waals surface area contributed by atoms with Crippen LogP contribution in [0.4, 0.5) is 14.5 Å². The normalized spacial score (nSPS) is 10.4. The Bertz CT molecular complexity index is 651. The first-order valence-electron chi connectivity index (χ1n) is 6.16. The number of carbonyl (C=O) groups is 1. The van der Waals surface area contributed by atoms with Gasteiger partial charge < -0.3 is 15.5 Å². The summed E-state index contributed by atoms with van der Waals surface area (Å²) in [4.78, 5) is 10.7. The molecular formula is C15H13F2NO3. The number of nitrogens with one attached hydrogen (secondary N) is 1. The molecule has 0 aliphatic carbocycles. The van der Waals surface area contributed by atoms with Crippen molar-refractivity contribution in [2.45, 2.75) is 13.2 Å². The molecule has 0 saturated carbocycles. The maximum Gasteiger partial charge on any atom is 0.335 e. The summed E-state index contributed by atoms with van der Waals surface area (Å²) < 4.78 is 27.4. The van der Waals surface area contributed by atoms with E-state index in [0.717, 1.165) is 17.7 Å². The van der Waals surface area contributed by atoms with E-state index in [2.05, 4.69) is 5.32 Å². The van der Waals surface area contributed by atoms with Crippen LogP contribution in [-0.4, -0.2) is 16.2 Å². The van der Waals surface area contributed by atoms with Crippen molar-refractivity contribution in [3.05, 3.63) is 64.7 Å². The molecular weight excluding hydrogens is 280 g/mol. The number of rotatable bonds is 5. The Hall–Kier alpha value is -2.47. The number of hydrogen-bond acceptors (Lipinski definition) is 3. The van der Waals surface area contributed by atoms with Crippen LogP contribution in [0.1, 0.15) is 21.5 Å². The van der Waals surface area contributed by atoms with Gasteiger partial charge in [0, 0.05) is 6.54 Å². The zero-order chi connectivity index (χ0) is 15.4. The van der Waals surface area contributed by atoms with E-state index < -0.39 is 23.2 Å². The molecule has 2 aromatic carbocycles. The molecule has 6 heteroatoms. The van der Waals surface area contributed by atoms with Crippen LogP contribution in [0.5, 0.6) is 0 Å². The zero-order valence-corrected chi connectivity index (χ0v) is 10.9. The van der Waals surface area contributed by atoms with Gasteiger partial charge in [-0.25, -0.2) is 13.6 Å². The van der Waals surface area contributed by atoms with Crippen molar-refractivity contribution in [1.82, 2.24) is 0 Å². The Morgan fingerprint density at radius 2 is 1.71 bits per heavy atom. The van der Waals surface area contributed by atoms with Gasteiger partial charge in [-0.3, -0.25) is 0 Å². The molecule has 0 unspecified atom stereocenters. The molecule has 0 aromatic heterocycles. The molecule has 2 rings (SSSR count). The summed E-state index contributed by atoms with van der Waals surface area (Å²) in [6, 6.07) is 8.42. The van der Waals surface area contributed by atoms with Gasteiger partial charge in [-0.2, -0.15) is 0 Å². The fourth-order valence-corrected chi connectivity index (χ4v) is 1.89. The zero-order valence-electron chi connectivity index (χ0n) is 10.9. The molecule has 0 aliphatic rings. The summed E-state index contributed by atoms with van der Waals surface area (Å²) in [7, 11) is 0. The third-order valence-electron chi connectivity index (χ3n) is 2.93. The van der Waals surface area contributed by atoms with Crippen LogP contribution >= 0.6 is 0 Å². The van der Waals surface area contributed by atoms with Gasteiger partial charge in [-0.15, -0.1) is 0 Å². The topological polar surface area (TPSA) is 69.6 Å². The highest BCUT2D eigenvalue weighted by Gasteiger charge is 2.14. The van der Waals surface area contributed by atoms with E-state index in [9.17, 15) is 13.6 Å². The molecule has 3 N–H and O–H groups in total. The summed E-state index contributed by atoms with van der Waals surface area (Å²) in [6.07, 6.45) is 0. The van der Waals surface area contributed by atoms with Crippen LogP contribution in [0.3, 0.4) is 0 Å². The third kappa shape index (κ3) is 3.55. The number of aliphatic hydroxyl groups excluding tert-OH is 1. The van der Waals surface area contributed by atoms with E-state index >= 15 is 0 Å². The first kappa shape index (κ1) is 14.9. The Kier molecular flexibility index (Phi) is 4.49. The van der Waals surface area contributed by atoms with Crippen LogP contribution in [-0.2, 0) is 13.2 Å². The van der Waals surface area contributed by atoms with Crippen molar-refractivity contribution in [2.75, 3.05) is 5.32 Å². The lowest BCUT2D eigenvalue weighted by atomic mass is 10.1. The van der Waals surface area contributed by atoms with Gasteiger partial charge in [0.05, 0.1) is 12.2 Å². The second-order valence-corrected chi connectivity index (χ2v) is 4.45. The molecule has 0 atom stereocenters. The number of benzene rings is 2. The largest absolute Gasteiger partial charge is 0.478 e. The Labute approximate surface area is 119 Å². The molecule has 110 valence electrons. The summed E-state index contributed by atoms with van der Waals surface area (Å²) in [5, 5.41) is 20.3. The van der Waals surface area contributed by atoms with Gasteiger partial charge in [0.25, 0.3) is 0 Å². The Morgan fingerprint density at radius 1 is 1.10 bits per heavy atom. The molecule has 0 spiro atoms. The van der Waals surface area contributed by atoms with Crippen molar-refractivity contribution < 1.29 is 23.8 Å². The fourth-order valence-electron chi connectivity index (χ4n) is 1.89. The number of hydrogen-bond donors (Lipinski definition) is 3. The summed E-state index contributed by atoms with van der Waals surface area (Å²) >= 11 is 0. The highest BCUT2D eigenvalue weighted by molar-refractivity contribution is 5.88. The van der Waals surface area contributed by atoms with Gasteiger partial charge in [0.1, 0.15) is 17.3 Å². The van der Waals surface area contributed by atoms with E-state index in [4.69, 9.17) is 10.2 Å². The second kappa shape index (κ2) is 6.32. The lowest BCUT2D eigenvalue weighted by Crippen LogP contribution is -2.07. The predicted molar refractivity (Wildman–Crippen MR) is 73.0 cm³/mol. The maximum atomic E-state index is 13.7. The molecule has 4 nitrogen and oxygen atoms in total. The molecule has 0 bridgehead atoms. The quantitative estimate of drug-likeness (QED) is 0.793. The Balaban J connectivity index is 2.18. The first-order chi connectivity index (χ1) is 10.0. The average Bonchev–Trinajstić information content (AvgIpc) is 2.46. The van der Waals surface area contributed by atoms with E-state index in [1.165, 1.54) is 0 Å². The van der Waals surface area contributed by atoms with Gasteiger partial charge in [0.15, 0.2) is 0 Å².